The monoisotopic (exact) mass is 388 g/mol. The molecule has 1 spiro atoms. The highest BCUT2D eigenvalue weighted by molar-refractivity contribution is 6.28. The van der Waals surface area contributed by atoms with Crippen LogP contribution >= 0.6 is 11.6 Å². The molecule has 2 aliphatic heterocycles. The lowest BCUT2D eigenvalue weighted by Gasteiger charge is -2.37. The molecule has 1 amide bonds. The van der Waals surface area contributed by atoms with E-state index < -0.39 is 5.60 Å². The summed E-state index contributed by atoms with van der Waals surface area (Å²) < 4.78 is 6.27. The zero-order chi connectivity index (χ0) is 18.9. The van der Waals surface area contributed by atoms with E-state index >= 15 is 0 Å². The minimum absolute atomic E-state index is 0.0714. The third kappa shape index (κ3) is 3.83. The minimum Gasteiger partial charge on any atom is -0.486 e. The summed E-state index contributed by atoms with van der Waals surface area (Å²) in [5.74, 6) is 1.47. The van der Waals surface area contributed by atoms with Crippen LogP contribution in [0.1, 0.15) is 48.3 Å². The van der Waals surface area contributed by atoms with Crippen molar-refractivity contribution in [1.29, 1.82) is 0 Å². The maximum Gasteiger partial charge on any atom is 0.242 e. The first kappa shape index (κ1) is 18.0. The van der Waals surface area contributed by atoms with E-state index in [1.165, 1.54) is 0 Å². The number of ether oxygens (including phenoxy) is 1. The summed E-state index contributed by atoms with van der Waals surface area (Å²) in [5.41, 5.74) is 0.157. The molecule has 142 valence electrons. The molecule has 0 saturated carbocycles. The SMILES string of the molecule is O=C1CC2(CCCN(C(=O)CCc3nc(Cl)n[nH]3)CC2)Oc2ccccc21. The molecule has 4 rings (SSSR count). The van der Waals surface area contributed by atoms with Crippen LogP contribution in [0.4, 0.5) is 0 Å². The average molecular weight is 389 g/mol. The topological polar surface area (TPSA) is 88.2 Å². The number of halogens is 1. The van der Waals surface area contributed by atoms with Crippen LogP contribution in [-0.2, 0) is 11.2 Å². The average Bonchev–Trinajstić information content (AvgIpc) is 2.97. The Kier molecular flexibility index (Phi) is 4.86. The molecular formula is C19H21ClN4O3. The Balaban J connectivity index is 1.39. The summed E-state index contributed by atoms with van der Waals surface area (Å²) >= 11 is 5.69. The van der Waals surface area contributed by atoms with Gasteiger partial charge < -0.3 is 9.64 Å². The summed E-state index contributed by atoms with van der Waals surface area (Å²) in [7, 11) is 0. The second-order valence-corrected chi connectivity index (χ2v) is 7.50. The molecule has 2 aliphatic rings. The van der Waals surface area contributed by atoms with Crippen LogP contribution in [0, 0.1) is 0 Å². The van der Waals surface area contributed by atoms with E-state index in [0.29, 0.717) is 55.9 Å². The van der Waals surface area contributed by atoms with Gasteiger partial charge in [0.2, 0.25) is 11.2 Å². The lowest BCUT2D eigenvalue weighted by Crippen LogP contribution is -2.43. The number of hydrogen-bond donors (Lipinski definition) is 1. The van der Waals surface area contributed by atoms with Crippen molar-refractivity contribution in [1.82, 2.24) is 20.1 Å². The van der Waals surface area contributed by atoms with Crippen LogP contribution in [0.15, 0.2) is 24.3 Å². The summed E-state index contributed by atoms with van der Waals surface area (Å²) in [6.07, 6.45) is 3.45. The molecule has 1 aromatic carbocycles. The van der Waals surface area contributed by atoms with Crippen molar-refractivity contribution in [3.63, 3.8) is 0 Å². The molecule has 1 unspecified atom stereocenters. The van der Waals surface area contributed by atoms with Gasteiger partial charge in [0.15, 0.2) is 5.78 Å². The van der Waals surface area contributed by atoms with Crippen LogP contribution in [0.5, 0.6) is 5.75 Å². The maximum atomic E-state index is 12.6. The van der Waals surface area contributed by atoms with E-state index in [0.717, 1.165) is 12.8 Å². The molecular weight excluding hydrogens is 368 g/mol. The number of carbonyl (C=O) groups excluding carboxylic acids is 2. The van der Waals surface area contributed by atoms with E-state index in [1.807, 2.05) is 29.2 Å². The fourth-order valence-corrected chi connectivity index (χ4v) is 4.05. The number of rotatable bonds is 3. The predicted octanol–water partition coefficient (Wildman–Crippen LogP) is 2.81. The lowest BCUT2D eigenvalue weighted by molar-refractivity contribution is -0.131. The first-order valence-corrected chi connectivity index (χ1v) is 9.58. The van der Waals surface area contributed by atoms with Gasteiger partial charge in [0.1, 0.15) is 17.2 Å². The number of likely N-dealkylation sites (tertiary alicyclic amines) is 1. The van der Waals surface area contributed by atoms with Gasteiger partial charge in [0, 0.05) is 32.4 Å². The Hall–Kier alpha value is -2.41. The normalized spacial score (nSPS) is 22.3. The Labute approximate surface area is 162 Å². The van der Waals surface area contributed by atoms with Gasteiger partial charge in [0.25, 0.3) is 0 Å². The quantitative estimate of drug-likeness (QED) is 0.873. The third-order valence-electron chi connectivity index (χ3n) is 5.33. The lowest BCUT2D eigenvalue weighted by atomic mass is 9.84. The first-order chi connectivity index (χ1) is 13.0. The van der Waals surface area contributed by atoms with Crippen molar-refractivity contribution < 1.29 is 14.3 Å². The highest BCUT2D eigenvalue weighted by Crippen LogP contribution is 2.39. The molecule has 2 aromatic rings. The minimum atomic E-state index is -0.501. The van der Waals surface area contributed by atoms with Gasteiger partial charge in [0.05, 0.1) is 12.0 Å². The van der Waals surface area contributed by atoms with Crippen molar-refractivity contribution in [3.8, 4) is 5.75 Å². The second kappa shape index (κ2) is 7.31. The predicted molar refractivity (Wildman–Crippen MR) is 98.9 cm³/mol. The molecule has 1 N–H and O–H groups in total. The first-order valence-electron chi connectivity index (χ1n) is 9.20. The Bertz CT molecular complexity index is 868. The van der Waals surface area contributed by atoms with Crippen LogP contribution in [0.25, 0.3) is 0 Å². The Morgan fingerprint density at radius 1 is 1.30 bits per heavy atom. The second-order valence-electron chi connectivity index (χ2n) is 7.17. The number of fused-ring (bicyclic) bond motifs is 1. The van der Waals surface area contributed by atoms with Gasteiger partial charge >= 0.3 is 0 Å². The molecule has 1 aromatic heterocycles. The molecule has 27 heavy (non-hydrogen) atoms. The van der Waals surface area contributed by atoms with Crippen molar-refractivity contribution >= 4 is 23.3 Å². The van der Waals surface area contributed by atoms with E-state index in [4.69, 9.17) is 16.3 Å². The number of amides is 1. The zero-order valence-electron chi connectivity index (χ0n) is 14.9. The van der Waals surface area contributed by atoms with Gasteiger partial charge in [-0.3, -0.25) is 14.7 Å². The number of H-pyrrole nitrogens is 1. The fourth-order valence-electron chi connectivity index (χ4n) is 3.91. The number of carbonyl (C=O) groups is 2. The van der Waals surface area contributed by atoms with E-state index in [1.54, 1.807) is 0 Å². The van der Waals surface area contributed by atoms with Crippen molar-refractivity contribution in [2.75, 3.05) is 13.1 Å². The summed E-state index contributed by atoms with van der Waals surface area (Å²) in [4.78, 5) is 31.0. The number of para-hydroxylation sites is 1. The molecule has 8 heteroatoms. The molecule has 1 atom stereocenters. The summed E-state index contributed by atoms with van der Waals surface area (Å²) in [5, 5.41) is 6.64. The van der Waals surface area contributed by atoms with Crippen LogP contribution in [0.2, 0.25) is 5.28 Å². The van der Waals surface area contributed by atoms with Crippen molar-refractivity contribution in [2.45, 2.75) is 44.1 Å². The molecule has 3 heterocycles. The van der Waals surface area contributed by atoms with Crippen molar-refractivity contribution in [2.24, 2.45) is 0 Å². The number of aryl methyl sites for hydroxylation is 1. The maximum absolute atomic E-state index is 12.6. The molecule has 1 saturated heterocycles. The number of nitrogens with one attached hydrogen (secondary N) is 1. The van der Waals surface area contributed by atoms with Crippen LogP contribution in [0.3, 0.4) is 0 Å². The number of aromatic amines is 1. The third-order valence-corrected chi connectivity index (χ3v) is 5.50. The number of aromatic nitrogens is 3. The van der Waals surface area contributed by atoms with Gasteiger partial charge in [-0.25, -0.2) is 4.98 Å². The van der Waals surface area contributed by atoms with Gasteiger partial charge in [-0.1, -0.05) is 12.1 Å². The van der Waals surface area contributed by atoms with E-state index in [-0.39, 0.29) is 17.0 Å². The summed E-state index contributed by atoms with van der Waals surface area (Å²) in [6, 6.07) is 7.40. The Morgan fingerprint density at radius 2 is 2.15 bits per heavy atom. The number of benzene rings is 1. The van der Waals surface area contributed by atoms with Gasteiger partial charge in [-0.2, -0.15) is 0 Å². The number of hydrogen-bond acceptors (Lipinski definition) is 5. The smallest absolute Gasteiger partial charge is 0.242 e. The van der Waals surface area contributed by atoms with Crippen LogP contribution in [-0.4, -0.2) is 50.5 Å². The largest absolute Gasteiger partial charge is 0.486 e. The molecule has 0 aliphatic carbocycles. The highest BCUT2D eigenvalue weighted by Gasteiger charge is 2.41. The molecule has 1 fully saturated rings. The molecule has 0 radical (unpaired) electrons. The number of Topliss-reactive ketones (excluding diaryl/α,β-unsaturated/α-hetero) is 1. The molecule has 7 nitrogen and oxygen atoms in total. The van der Waals surface area contributed by atoms with E-state index in [9.17, 15) is 9.59 Å². The summed E-state index contributed by atoms with van der Waals surface area (Å²) in [6.45, 7) is 1.27. The van der Waals surface area contributed by atoms with Gasteiger partial charge in [-0.05, 0) is 36.6 Å². The number of nitrogens with zero attached hydrogens (tertiary/aromatic N) is 3. The number of ketones is 1. The van der Waals surface area contributed by atoms with E-state index in [2.05, 4.69) is 15.2 Å². The standard InChI is InChI=1S/C19H21ClN4O3/c20-18-21-16(22-23-18)6-7-17(26)24-10-3-8-19(9-11-24)12-14(25)13-4-1-2-5-15(13)27-19/h1-2,4-5H,3,6-12H2,(H,21,22,23). The van der Waals surface area contributed by atoms with Crippen LogP contribution < -0.4 is 4.74 Å². The fraction of sp³-hybridized carbons (Fsp3) is 0.474. The van der Waals surface area contributed by atoms with Gasteiger partial charge in [-0.15, -0.1) is 5.10 Å². The van der Waals surface area contributed by atoms with Crippen molar-refractivity contribution in [3.05, 3.63) is 40.9 Å². The highest BCUT2D eigenvalue weighted by atomic mass is 35.5. The zero-order valence-corrected chi connectivity index (χ0v) is 15.7. The molecule has 0 bridgehead atoms. The Morgan fingerprint density at radius 3 is 2.96 bits per heavy atom.